The van der Waals surface area contributed by atoms with Crippen LogP contribution in [0.25, 0.3) is 0 Å². The monoisotopic (exact) mass is 311 g/mol. The number of para-hydroxylation sites is 1. The van der Waals surface area contributed by atoms with Gasteiger partial charge in [-0.15, -0.1) is 0 Å². The maximum atomic E-state index is 12.7. The Labute approximate surface area is 125 Å². The Morgan fingerprint density at radius 3 is 2.62 bits per heavy atom. The average Bonchev–Trinajstić information content (AvgIpc) is 2.48. The first kappa shape index (κ1) is 15.8. The Hall–Kier alpha value is -1.60. The van der Waals surface area contributed by atoms with Crippen LogP contribution in [-0.4, -0.2) is 56.8 Å². The van der Waals surface area contributed by atoms with Crippen LogP contribution in [0.4, 0.5) is 5.69 Å². The lowest BCUT2D eigenvalue weighted by atomic mass is 10.3. The number of nitrogens with one attached hydrogen (secondary N) is 1. The molecular formula is C14H21N3O3S. The number of hydrogen-bond donors (Lipinski definition) is 1. The van der Waals surface area contributed by atoms with Gasteiger partial charge in [-0.1, -0.05) is 19.1 Å². The molecule has 0 radical (unpaired) electrons. The van der Waals surface area contributed by atoms with Gasteiger partial charge in [0, 0.05) is 26.7 Å². The molecule has 1 heterocycles. The number of amides is 1. The van der Waals surface area contributed by atoms with Crippen LogP contribution in [0.15, 0.2) is 29.2 Å². The van der Waals surface area contributed by atoms with Gasteiger partial charge < -0.3 is 10.2 Å². The van der Waals surface area contributed by atoms with E-state index in [4.69, 9.17) is 0 Å². The molecule has 1 fully saturated rings. The van der Waals surface area contributed by atoms with Crippen molar-refractivity contribution in [2.45, 2.75) is 18.2 Å². The van der Waals surface area contributed by atoms with Gasteiger partial charge in [0.25, 0.3) is 0 Å². The predicted molar refractivity (Wildman–Crippen MR) is 81.6 cm³/mol. The fourth-order valence-corrected chi connectivity index (χ4v) is 3.73. The van der Waals surface area contributed by atoms with E-state index >= 15 is 0 Å². The van der Waals surface area contributed by atoms with E-state index < -0.39 is 10.0 Å². The standard InChI is InChI=1S/C14H21N3O3S/c1-3-8-15-12-6-4-5-7-13(12)21(19,20)17-10-9-16(2)14(18)11-17/h4-7,15H,3,8-11H2,1-2H3. The molecule has 116 valence electrons. The number of benzene rings is 1. The van der Waals surface area contributed by atoms with Crippen molar-refractivity contribution in [3.63, 3.8) is 0 Å². The normalized spacial score (nSPS) is 17.0. The van der Waals surface area contributed by atoms with Crippen molar-refractivity contribution in [2.24, 2.45) is 0 Å². The highest BCUT2D eigenvalue weighted by Gasteiger charge is 2.32. The first-order valence-corrected chi connectivity index (χ1v) is 8.48. The van der Waals surface area contributed by atoms with Gasteiger partial charge in [0.2, 0.25) is 15.9 Å². The van der Waals surface area contributed by atoms with Crippen LogP contribution < -0.4 is 5.32 Å². The molecule has 0 aromatic heterocycles. The summed E-state index contributed by atoms with van der Waals surface area (Å²) in [6.45, 7) is 3.37. The van der Waals surface area contributed by atoms with Crippen LogP contribution in [0, 0.1) is 0 Å². The third-order valence-electron chi connectivity index (χ3n) is 3.49. The fraction of sp³-hybridized carbons (Fsp3) is 0.500. The van der Waals surface area contributed by atoms with Crippen LogP contribution in [0.3, 0.4) is 0 Å². The minimum absolute atomic E-state index is 0.0963. The van der Waals surface area contributed by atoms with Gasteiger partial charge in [0.1, 0.15) is 4.90 Å². The zero-order valence-corrected chi connectivity index (χ0v) is 13.2. The maximum absolute atomic E-state index is 12.7. The van der Waals surface area contributed by atoms with Crippen molar-refractivity contribution in [1.82, 2.24) is 9.21 Å². The molecule has 21 heavy (non-hydrogen) atoms. The Morgan fingerprint density at radius 2 is 1.95 bits per heavy atom. The quantitative estimate of drug-likeness (QED) is 0.880. The molecule has 0 atom stereocenters. The molecule has 0 spiro atoms. The molecule has 2 rings (SSSR count). The Balaban J connectivity index is 2.29. The van der Waals surface area contributed by atoms with E-state index in [2.05, 4.69) is 5.32 Å². The third kappa shape index (κ3) is 3.36. The molecule has 1 aliphatic rings. The highest BCUT2D eigenvalue weighted by molar-refractivity contribution is 7.89. The summed E-state index contributed by atoms with van der Waals surface area (Å²) in [7, 11) is -1.97. The number of carbonyl (C=O) groups excluding carboxylic acids is 1. The SMILES string of the molecule is CCCNc1ccccc1S(=O)(=O)N1CCN(C)C(=O)C1. The van der Waals surface area contributed by atoms with E-state index in [-0.39, 0.29) is 17.3 Å². The van der Waals surface area contributed by atoms with E-state index in [0.29, 0.717) is 25.3 Å². The fourth-order valence-electron chi connectivity index (χ4n) is 2.18. The maximum Gasteiger partial charge on any atom is 0.245 e. The highest BCUT2D eigenvalue weighted by atomic mass is 32.2. The van der Waals surface area contributed by atoms with Crippen LogP contribution in [0.5, 0.6) is 0 Å². The summed E-state index contributed by atoms with van der Waals surface area (Å²) in [5.74, 6) is -0.177. The summed E-state index contributed by atoms with van der Waals surface area (Å²) in [5, 5.41) is 3.13. The van der Waals surface area contributed by atoms with Crippen molar-refractivity contribution in [3.8, 4) is 0 Å². The summed E-state index contributed by atoms with van der Waals surface area (Å²) >= 11 is 0. The Kier molecular flexibility index (Phi) is 4.84. The van der Waals surface area contributed by atoms with Crippen LogP contribution >= 0.6 is 0 Å². The number of sulfonamides is 1. The lowest BCUT2D eigenvalue weighted by Gasteiger charge is -2.31. The number of rotatable bonds is 5. The molecule has 0 saturated carbocycles. The van der Waals surface area contributed by atoms with Gasteiger partial charge in [0.15, 0.2) is 0 Å². The number of hydrogen-bond acceptors (Lipinski definition) is 4. The second-order valence-corrected chi connectivity index (χ2v) is 6.98. The highest BCUT2D eigenvalue weighted by Crippen LogP contribution is 2.25. The van der Waals surface area contributed by atoms with E-state index in [1.54, 1.807) is 36.2 Å². The molecule has 0 bridgehead atoms. The van der Waals surface area contributed by atoms with Gasteiger partial charge in [-0.3, -0.25) is 4.79 Å². The van der Waals surface area contributed by atoms with Crippen molar-refractivity contribution < 1.29 is 13.2 Å². The third-order valence-corrected chi connectivity index (χ3v) is 5.40. The summed E-state index contributed by atoms with van der Waals surface area (Å²) in [4.78, 5) is 13.5. The first-order valence-electron chi connectivity index (χ1n) is 7.04. The van der Waals surface area contributed by atoms with Gasteiger partial charge in [-0.25, -0.2) is 8.42 Å². The average molecular weight is 311 g/mol. The number of likely N-dealkylation sites (N-methyl/N-ethyl adjacent to an activating group) is 1. The molecule has 1 saturated heterocycles. The minimum Gasteiger partial charge on any atom is -0.384 e. The van der Waals surface area contributed by atoms with Crippen molar-refractivity contribution >= 4 is 21.6 Å². The van der Waals surface area contributed by atoms with Crippen LogP contribution in [-0.2, 0) is 14.8 Å². The molecular weight excluding hydrogens is 290 g/mol. The topological polar surface area (TPSA) is 69.7 Å². The second-order valence-electron chi connectivity index (χ2n) is 5.08. The van der Waals surface area contributed by atoms with Crippen molar-refractivity contribution in [3.05, 3.63) is 24.3 Å². The van der Waals surface area contributed by atoms with Crippen LogP contribution in [0.1, 0.15) is 13.3 Å². The summed E-state index contributed by atoms with van der Waals surface area (Å²) in [6.07, 6.45) is 0.904. The molecule has 1 amide bonds. The first-order chi connectivity index (χ1) is 9.96. The predicted octanol–water partition coefficient (Wildman–Crippen LogP) is 0.971. The van der Waals surface area contributed by atoms with E-state index in [1.165, 1.54) is 4.31 Å². The number of carbonyl (C=O) groups is 1. The zero-order valence-electron chi connectivity index (χ0n) is 12.4. The number of anilines is 1. The lowest BCUT2D eigenvalue weighted by Crippen LogP contribution is -2.50. The summed E-state index contributed by atoms with van der Waals surface area (Å²) < 4.78 is 26.7. The molecule has 1 N–H and O–H groups in total. The summed E-state index contributed by atoms with van der Waals surface area (Å²) in [6, 6.07) is 6.82. The van der Waals surface area contributed by atoms with Gasteiger partial charge >= 0.3 is 0 Å². The summed E-state index contributed by atoms with van der Waals surface area (Å²) in [5.41, 5.74) is 0.589. The van der Waals surface area contributed by atoms with Crippen molar-refractivity contribution in [2.75, 3.05) is 38.5 Å². The van der Waals surface area contributed by atoms with Gasteiger partial charge in [0.05, 0.1) is 12.2 Å². The Bertz CT molecular complexity index is 616. The molecule has 1 aromatic carbocycles. The zero-order chi connectivity index (χ0) is 15.5. The van der Waals surface area contributed by atoms with Gasteiger partial charge in [-0.05, 0) is 18.6 Å². The number of nitrogens with zero attached hydrogens (tertiary/aromatic N) is 2. The van der Waals surface area contributed by atoms with E-state index in [1.807, 2.05) is 6.92 Å². The second kappa shape index (κ2) is 6.44. The molecule has 1 aromatic rings. The lowest BCUT2D eigenvalue weighted by molar-refractivity contribution is -0.132. The smallest absolute Gasteiger partial charge is 0.245 e. The molecule has 7 heteroatoms. The largest absolute Gasteiger partial charge is 0.384 e. The van der Waals surface area contributed by atoms with Crippen LogP contribution in [0.2, 0.25) is 0 Å². The van der Waals surface area contributed by atoms with E-state index in [9.17, 15) is 13.2 Å². The number of piperazine rings is 1. The minimum atomic E-state index is -3.66. The molecule has 0 aliphatic carbocycles. The molecule has 6 nitrogen and oxygen atoms in total. The van der Waals surface area contributed by atoms with Crippen molar-refractivity contribution in [1.29, 1.82) is 0 Å². The Morgan fingerprint density at radius 1 is 1.24 bits per heavy atom. The van der Waals surface area contributed by atoms with Gasteiger partial charge in [-0.2, -0.15) is 4.31 Å². The van der Waals surface area contributed by atoms with E-state index in [0.717, 1.165) is 6.42 Å². The molecule has 0 unspecified atom stereocenters. The molecule has 1 aliphatic heterocycles.